The van der Waals surface area contributed by atoms with Crippen molar-refractivity contribution >= 4 is 12.1 Å². The molecule has 4 amide bonds. The molecule has 1 aliphatic rings. The molecule has 100 valence electrons. The standard InChI is InChI=1S/C11H17N3O4/c1-3-5-13(11(16)14(17)6-4-2)10(15)12-7-9-8-18-9/h3-4,9,17H,1-2,5-8H2,(H,12,15). The molecule has 0 radical (unpaired) electrons. The summed E-state index contributed by atoms with van der Waals surface area (Å²) in [7, 11) is 0. The first-order valence-corrected chi connectivity index (χ1v) is 5.49. The van der Waals surface area contributed by atoms with E-state index in [1.807, 2.05) is 0 Å². The maximum absolute atomic E-state index is 11.7. The highest BCUT2D eigenvalue weighted by molar-refractivity contribution is 5.93. The second-order valence-corrected chi connectivity index (χ2v) is 3.69. The van der Waals surface area contributed by atoms with Crippen LogP contribution in [0.4, 0.5) is 9.59 Å². The number of rotatable bonds is 6. The van der Waals surface area contributed by atoms with Gasteiger partial charge in [-0.15, -0.1) is 13.2 Å². The Bertz CT molecular complexity index is 341. The summed E-state index contributed by atoms with van der Waals surface area (Å²) in [5.74, 6) is 0. The van der Waals surface area contributed by atoms with E-state index in [4.69, 9.17) is 4.74 Å². The van der Waals surface area contributed by atoms with Crippen LogP contribution in [0.2, 0.25) is 0 Å². The number of nitrogens with one attached hydrogen (secondary N) is 1. The van der Waals surface area contributed by atoms with E-state index in [0.29, 0.717) is 18.2 Å². The Morgan fingerprint density at radius 2 is 2.00 bits per heavy atom. The van der Waals surface area contributed by atoms with Gasteiger partial charge in [0, 0.05) is 6.54 Å². The van der Waals surface area contributed by atoms with Crippen molar-refractivity contribution in [2.75, 3.05) is 26.2 Å². The second kappa shape index (κ2) is 6.77. The van der Waals surface area contributed by atoms with Crippen molar-refractivity contribution in [1.82, 2.24) is 15.3 Å². The van der Waals surface area contributed by atoms with Crippen LogP contribution < -0.4 is 5.32 Å². The second-order valence-electron chi connectivity index (χ2n) is 3.69. The number of hydroxylamine groups is 2. The molecule has 1 atom stereocenters. The van der Waals surface area contributed by atoms with Gasteiger partial charge in [0.05, 0.1) is 25.8 Å². The molecule has 0 spiro atoms. The molecule has 7 nitrogen and oxygen atoms in total. The van der Waals surface area contributed by atoms with E-state index in [1.165, 1.54) is 12.2 Å². The predicted molar refractivity (Wildman–Crippen MR) is 64.1 cm³/mol. The van der Waals surface area contributed by atoms with E-state index in [0.717, 1.165) is 4.90 Å². The maximum Gasteiger partial charge on any atom is 0.352 e. The summed E-state index contributed by atoms with van der Waals surface area (Å²) in [4.78, 5) is 24.3. The van der Waals surface area contributed by atoms with E-state index in [-0.39, 0.29) is 19.2 Å². The van der Waals surface area contributed by atoms with Crippen molar-refractivity contribution < 1.29 is 19.5 Å². The molecular formula is C11H17N3O4. The summed E-state index contributed by atoms with van der Waals surface area (Å²) in [6.45, 7) is 7.74. The van der Waals surface area contributed by atoms with Crippen LogP contribution in [0, 0.1) is 0 Å². The lowest BCUT2D eigenvalue weighted by Gasteiger charge is -2.23. The van der Waals surface area contributed by atoms with Crippen LogP contribution in [0.25, 0.3) is 0 Å². The zero-order valence-corrected chi connectivity index (χ0v) is 10.0. The smallest absolute Gasteiger partial charge is 0.352 e. The van der Waals surface area contributed by atoms with E-state index in [2.05, 4.69) is 18.5 Å². The van der Waals surface area contributed by atoms with E-state index < -0.39 is 12.1 Å². The first-order chi connectivity index (χ1) is 8.60. The number of hydrogen-bond donors (Lipinski definition) is 2. The number of imide groups is 1. The highest BCUT2D eigenvalue weighted by Gasteiger charge is 2.27. The number of ether oxygens (including phenoxy) is 1. The fourth-order valence-corrected chi connectivity index (χ4v) is 1.20. The summed E-state index contributed by atoms with van der Waals surface area (Å²) in [6, 6.07) is -1.43. The van der Waals surface area contributed by atoms with Crippen molar-refractivity contribution in [2.24, 2.45) is 0 Å². The molecule has 1 aliphatic heterocycles. The average Bonchev–Trinajstić information content (AvgIpc) is 3.16. The molecule has 1 rings (SSSR count). The molecule has 0 saturated carbocycles. The lowest BCUT2D eigenvalue weighted by atomic mass is 10.4. The van der Waals surface area contributed by atoms with Crippen LogP contribution in [0.15, 0.2) is 25.3 Å². The number of epoxide rings is 1. The molecule has 1 fully saturated rings. The molecule has 18 heavy (non-hydrogen) atoms. The Kier molecular flexibility index (Phi) is 5.34. The quantitative estimate of drug-likeness (QED) is 0.314. The normalized spacial score (nSPS) is 16.6. The molecule has 0 aromatic carbocycles. The fourth-order valence-electron chi connectivity index (χ4n) is 1.20. The minimum atomic E-state index is -0.830. The summed E-state index contributed by atoms with van der Waals surface area (Å²) < 4.78 is 4.93. The van der Waals surface area contributed by atoms with Crippen LogP contribution in [0.5, 0.6) is 0 Å². The Hall–Kier alpha value is -1.86. The third kappa shape index (κ3) is 4.19. The Morgan fingerprint density at radius 3 is 2.50 bits per heavy atom. The minimum Gasteiger partial charge on any atom is -0.371 e. The van der Waals surface area contributed by atoms with Gasteiger partial charge in [-0.05, 0) is 0 Å². The Balaban J connectivity index is 2.54. The summed E-state index contributed by atoms with van der Waals surface area (Å²) in [6.07, 6.45) is 2.76. The monoisotopic (exact) mass is 255 g/mol. The molecule has 0 aliphatic carbocycles. The van der Waals surface area contributed by atoms with Gasteiger partial charge in [0.15, 0.2) is 0 Å². The number of hydrogen-bond acceptors (Lipinski definition) is 4. The number of carbonyl (C=O) groups excluding carboxylic acids is 2. The van der Waals surface area contributed by atoms with Crippen LogP contribution in [0.1, 0.15) is 0 Å². The van der Waals surface area contributed by atoms with Gasteiger partial charge in [-0.1, -0.05) is 12.2 Å². The molecule has 7 heteroatoms. The molecule has 0 aromatic heterocycles. The summed E-state index contributed by atoms with van der Waals surface area (Å²) in [5.41, 5.74) is 0. The van der Waals surface area contributed by atoms with Crippen molar-refractivity contribution in [3.8, 4) is 0 Å². The average molecular weight is 255 g/mol. The molecular weight excluding hydrogens is 238 g/mol. The first kappa shape index (κ1) is 14.2. The van der Waals surface area contributed by atoms with Gasteiger partial charge in [-0.25, -0.2) is 19.6 Å². The van der Waals surface area contributed by atoms with Gasteiger partial charge in [0.25, 0.3) is 0 Å². The van der Waals surface area contributed by atoms with Crippen molar-refractivity contribution in [3.05, 3.63) is 25.3 Å². The molecule has 0 bridgehead atoms. The molecule has 1 unspecified atom stereocenters. The molecule has 2 N–H and O–H groups in total. The SMILES string of the molecule is C=CCN(O)C(=O)N(CC=C)C(=O)NCC1CO1. The third-order valence-corrected chi connectivity index (χ3v) is 2.19. The Labute approximate surface area is 105 Å². The minimum absolute atomic E-state index is 0.00436. The molecule has 1 saturated heterocycles. The topological polar surface area (TPSA) is 85.4 Å². The molecule has 1 heterocycles. The van der Waals surface area contributed by atoms with E-state index >= 15 is 0 Å². The molecule has 0 aromatic rings. The van der Waals surface area contributed by atoms with Gasteiger partial charge >= 0.3 is 12.1 Å². The zero-order valence-electron chi connectivity index (χ0n) is 10.0. The van der Waals surface area contributed by atoms with Crippen LogP contribution in [-0.2, 0) is 4.74 Å². The number of amides is 4. The summed E-state index contributed by atoms with van der Waals surface area (Å²) in [5, 5.41) is 12.3. The highest BCUT2D eigenvalue weighted by atomic mass is 16.6. The van der Waals surface area contributed by atoms with Gasteiger partial charge in [0.2, 0.25) is 0 Å². The number of nitrogens with zero attached hydrogens (tertiary/aromatic N) is 2. The largest absolute Gasteiger partial charge is 0.371 e. The van der Waals surface area contributed by atoms with Gasteiger partial charge < -0.3 is 10.1 Å². The van der Waals surface area contributed by atoms with Gasteiger partial charge in [-0.3, -0.25) is 5.21 Å². The Morgan fingerprint density at radius 1 is 1.39 bits per heavy atom. The number of carbonyl (C=O) groups is 2. The predicted octanol–water partition coefficient (Wildman–Crippen LogP) is 0.580. The van der Waals surface area contributed by atoms with Crippen molar-refractivity contribution in [2.45, 2.75) is 6.10 Å². The number of urea groups is 2. The lowest BCUT2D eigenvalue weighted by molar-refractivity contribution is -0.0423. The van der Waals surface area contributed by atoms with Crippen LogP contribution in [0.3, 0.4) is 0 Å². The van der Waals surface area contributed by atoms with Crippen molar-refractivity contribution in [3.63, 3.8) is 0 Å². The van der Waals surface area contributed by atoms with Crippen molar-refractivity contribution in [1.29, 1.82) is 0 Å². The first-order valence-electron chi connectivity index (χ1n) is 5.49. The van der Waals surface area contributed by atoms with Gasteiger partial charge in [0.1, 0.15) is 0 Å². The third-order valence-electron chi connectivity index (χ3n) is 2.19. The van der Waals surface area contributed by atoms with E-state index in [1.54, 1.807) is 0 Å². The highest BCUT2D eigenvalue weighted by Crippen LogP contribution is 2.07. The van der Waals surface area contributed by atoms with Crippen LogP contribution in [-0.4, -0.2) is 59.6 Å². The van der Waals surface area contributed by atoms with Gasteiger partial charge in [-0.2, -0.15) is 0 Å². The maximum atomic E-state index is 11.7. The van der Waals surface area contributed by atoms with E-state index in [9.17, 15) is 14.8 Å². The lowest BCUT2D eigenvalue weighted by Crippen LogP contribution is -2.49. The fraction of sp³-hybridized carbons (Fsp3) is 0.455. The van der Waals surface area contributed by atoms with Crippen LogP contribution >= 0.6 is 0 Å². The zero-order chi connectivity index (χ0) is 13.5. The summed E-state index contributed by atoms with van der Waals surface area (Å²) >= 11 is 0.